The van der Waals surface area contributed by atoms with Gasteiger partial charge in [-0.2, -0.15) is 0 Å². The van der Waals surface area contributed by atoms with Crippen molar-refractivity contribution in [1.29, 1.82) is 0 Å². The van der Waals surface area contributed by atoms with Crippen molar-refractivity contribution in [3.63, 3.8) is 0 Å². The molecule has 1 fully saturated rings. The second kappa shape index (κ2) is 10.0. The molecule has 0 radical (unpaired) electrons. The van der Waals surface area contributed by atoms with Crippen molar-refractivity contribution in [3.8, 4) is 0 Å². The average Bonchev–Trinajstić information content (AvgIpc) is 2.74. The number of carbonyl (C=O) groups excluding carboxylic acids is 2. The lowest BCUT2D eigenvalue weighted by atomic mass is 10.1. The number of nitrogens with zero attached hydrogens (tertiary/aromatic N) is 3. The number of anilines is 2. The molecule has 2 heterocycles. The first-order valence-electron chi connectivity index (χ1n) is 10.1. The van der Waals surface area contributed by atoms with E-state index in [1.165, 1.54) is 24.9 Å². The van der Waals surface area contributed by atoms with Crippen molar-refractivity contribution in [2.24, 2.45) is 0 Å². The monoisotopic (exact) mass is 395 g/mol. The molecule has 0 bridgehead atoms. The first-order valence-corrected chi connectivity index (χ1v) is 10.1. The van der Waals surface area contributed by atoms with Crippen LogP contribution in [0.1, 0.15) is 40.2 Å². The third kappa shape index (κ3) is 6.02. The summed E-state index contributed by atoms with van der Waals surface area (Å²) < 4.78 is 0. The smallest absolute Gasteiger partial charge is 0.274 e. The summed E-state index contributed by atoms with van der Waals surface area (Å²) in [6, 6.07) is 12.7. The number of likely N-dealkylation sites (N-methyl/N-ethyl adjacent to an activating group) is 1. The number of aromatic nitrogens is 1. The van der Waals surface area contributed by atoms with E-state index in [1.54, 1.807) is 18.2 Å². The van der Waals surface area contributed by atoms with E-state index in [2.05, 4.69) is 20.5 Å². The van der Waals surface area contributed by atoms with Gasteiger partial charge in [-0.25, -0.2) is 4.98 Å². The van der Waals surface area contributed by atoms with Gasteiger partial charge in [0.15, 0.2) is 0 Å². The van der Waals surface area contributed by atoms with Crippen molar-refractivity contribution in [3.05, 3.63) is 53.9 Å². The molecule has 0 atom stereocenters. The minimum Gasteiger partial charge on any atom is -0.372 e. The van der Waals surface area contributed by atoms with Gasteiger partial charge in [-0.15, -0.1) is 0 Å². The highest BCUT2D eigenvalue weighted by molar-refractivity contribution is 6.03. The lowest BCUT2D eigenvalue weighted by Crippen LogP contribution is -2.32. The summed E-state index contributed by atoms with van der Waals surface area (Å²) in [7, 11) is 3.88. The lowest BCUT2D eigenvalue weighted by Gasteiger charge is -2.28. The Morgan fingerprint density at radius 1 is 0.966 bits per heavy atom. The zero-order valence-corrected chi connectivity index (χ0v) is 17.1. The number of pyridine rings is 1. The highest BCUT2D eigenvalue weighted by Gasteiger charge is 2.14. The number of hydrogen-bond acceptors (Lipinski definition) is 5. The van der Waals surface area contributed by atoms with Crippen molar-refractivity contribution >= 4 is 23.2 Å². The van der Waals surface area contributed by atoms with Crippen LogP contribution in [0.4, 0.5) is 11.4 Å². The van der Waals surface area contributed by atoms with E-state index < -0.39 is 0 Å². The van der Waals surface area contributed by atoms with Gasteiger partial charge < -0.3 is 20.4 Å². The predicted molar refractivity (Wildman–Crippen MR) is 116 cm³/mol. The van der Waals surface area contributed by atoms with Crippen LogP contribution in [-0.4, -0.2) is 62.0 Å². The number of hydrogen-bond donors (Lipinski definition) is 2. The molecule has 0 saturated carbocycles. The Balaban J connectivity index is 1.59. The number of carbonyl (C=O) groups is 2. The Morgan fingerprint density at radius 3 is 2.28 bits per heavy atom. The van der Waals surface area contributed by atoms with Crippen LogP contribution >= 0.6 is 0 Å². The van der Waals surface area contributed by atoms with E-state index in [1.807, 2.05) is 43.3 Å². The summed E-state index contributed by atoms with van der Waals surface area (Å²) in [5, 5.41) is 5.66. The number of nitrogens with one attached hydrogen (secondary N) is 2. The molecule has 0 aliphatic carbocycles. The average molecular weight is 396 g/mol. The van der Waals surface area contributed by atoms with Gasteiger partial charge in [0.1, 0.15) is 11.4 Å². The molecule has 29 heavy (non-hydrogen) atoms. The summed E-state index contributed by atoms with van der Waals surface area (Å²) in [6.45, 7) is 3.42. The molecule has 154 valence electrons. The third-order valence-electron chi connectivity index (χ3n) is 4.91. The van der Waals surface area contributed by atoms with E-state index in [0.29, 0.717) is 12.2 Å². The molecule has 1 aliphatic heterocycles. The summed E-state index contributed by atoms with van der Waals surface area (Å²) in [5.41, 5.74) is 2.33. The van der Waals surface area contributed by atoms with Crippen LogP contribution in [0.5, 0.6) is 0 Å². The van der Waals surface area contributed by atoms with Crippen LogP contribution in [0.25, 0.3) is 0 Å². The van der Waals surface area contributed by atoms with Crippen LogP contribution in [0.2, 0.25) is 0 Å². The van der Waals surface area contributed by atoms with Gasteiger partial charge in [0, 0.05) is 37.6 Å². The van der Waals surface area contributed by atoms with Gasteiger partial charge in [-0.1, -0.05) is 6.07 Å². The molecule has 1 aromatic heterocycles. The molecule has 0 unspecified atom stereocenters. The van der Waals surface area contributed by atoms with Gasteiger partial charge in [-0.05, 0) is 69.8 Å². The quantitative estimate of drug-likeness (QED) is 0.754. The second-order valence-corrected chi connectivity index (χ2v) is 7.52. The van der Waals surface area contributed by atoms with Gasteiger partial charge in [0.05, 0.1) is 0 Å². The summed E-state index contributed by atoms with van der Waals surface area (Å²) in [4.78, 5) is 33.3. The Morgan fingerprint density at radius 2 is 1.62 bits per heavy atom. The van der Waals surface area contributed by atoms with E-state index in [-0.39, 0.29) is 23.2 Å². The standard InChI is InChI=1S/C22H29N5O2/c1-26(2)16-13-23-21(28)19-7-6-8-20(25-19)22(29)24-17-9-11-18(12-10-17)27-14-4-3-5-15-27/h6-12H,3-5,13-16H2,1-2H3,(H,23,28)(H,24,29). The Hall–Kier alpha value is -2.93. The fraction of sp³-hybridized carbons (Fsp3) is 0.409. The number of piperidine rings is 1. The second-order valence-electron chi connectivity index (χ2n) is 7.52. The fourth-order valence-corrected chi connectivity index (χ4v) is 3.27. The fourth-order valence-electron chi connectivity index (χ4n) is 3.27. The third-order valence-corrected chi connectivity index (χ3v) is 4.91. The number of amides is 2. The molecule has 1 aliphatic rings. The highest BCUT2D eigenvalue weighted by atomic mass is 16.2. The van der Waals surface area contributed by atoms with E-state index in [9.17, 15) is 9.59 Å². The zero-order chi connectivity index (χ0) is 20.6. The molecule has 7 nitrogen and oxygen atoms in total. The first-order chi connectivity index (χ1) is 14.0. The van der Waals surface area contributed by atoms with Crippen LogP contribution < -0.4 is 15.5 Å². The van der Waals surface area contributed by atoms with E-state index in [0.717, 1.165) is 19.6 Å². The summed E-state index contributed by atoms with van der Waals surface area (Å²) >= 11 is 0. The molecule has 1 saturated heterocycles. The molecule has 3 rings (SSSR count). The molecule has 2 aromatic rings. The van der Waals surface area contributed by atoms with Gasteiger partial charge in [0.25, 0.3) is 11.8 Å². The number of rotatable bonds is 7. The van der Waals surface area contributed by atoms with Crippen molar-refractivity contribution in [2.45, 2.75) is 19.3 Å². The van der Waals surface area contributed by atoms with Crippen molar-refractivity contribution < 1.29 is 9.59 Å². The summed E-state index contributed by atoms with van der Waals surface area (Å²) in [5.74, 6) is -0.619. The molecule has 2 N–H and O–H groups in total. The van der Waals surface area contributed by atoms with Gasteiger partial charge in [-0.3, -0.25) is 9.59 Å². The molecule has 2 amide bonds. The normalized spacial score (nSPS) is 14.0. The van der Waals surface area contributed by atoms with Crippen molar-refractivity contribution in [2.75, 3.05) is 50.5 Å². The van der Waals surface area contributed by atoms with Crippen LogP contribution in [0.15, 0.2) is 42.5 Å². The van der Waals surface area contributed by atoms with E-state index in [4.69, 9.17) is 0 Å². The maximum atomic E-state index is 12.6. The van der Waals surface area contributed by atoms with Gasteiger partial charge in [0.2, 0.25) is 0 Å². The lowest BCUT2D eigenvalue weighted by molar-refractivity contribution is 0.0946. The Labute approximate surface area is 172 Å². The molecular weight excluding hydrogens is 366 g/mol. The first kappa shape index (κ1) is 20.8. The zero-order valence-electron chi connectivity index (χ0n) is 17.1. The van der Waals surface area contributed by atoms with Crippen molar-refractivity contribution in [1.82, 2.24) is 15.2 Å². The van der Waals surface area contributed by atoms with Crippen LogP contribution in [0, 0.1) is 0 Å². The minimum atomic E-state index is -0.335. The summed E-state index contributed by atoms with van der Waals surface area (Å²) in [6.07, 6.45) is 3.75. The Bertz CT molecular complexity index is 829. The maximum absolute atomic E-state index is 12.6. The van der Waals surface area contributed by atoms with E-state index >= 15 is 0 Å². The van der Waals surface area contributed by atoms with Crippen LogP contribution in [0.3, 0.4) is 0 Å². The van der Waals surface area contributed by atoms with Crippen LogP contribution in [-0.2, 0) is 0 Å². The predicted octanol–water partition coefficient (Wildman–Crippen LogP) is 2.62. The molecule has 0 spiro atoms. The SMILES string of the molecule is CN(C)CCNC(=O)c1cccc(C(=O)Nc2ccc(N3CCCCC3)cc2)n1. The number of benzene rings is 1. The minimum absolute atomic E-state index is 0.213. The maximum Gasteiger partial charge on any atom is 0.274 e. The molecule has 7 heteroatoms. The van der Waals surface area contributed by atoms with Gasteiger partial charge >= 0.3 is 0 Å². The largest absolute Gasteiger partial charge is 0.372 e. The Kier molecular flexibility index (Phi) is 7.19. The topological polar surface area (TPSA) is 77.6 Å². The molecule has 1 aromatic carbocycles. The highest BCUT2D eigenvalue weighted by Crippen LogP contribution is 2.22. The molecular formula is C22H29N5O2.